The van der Waals surface area contributed by atoms with Crippen molar-refractivity contribution >= 4 is 23.2 Å². The van der Waals surface area contributed by atoms with E-state index in [2.05, 4.69) is 0 Å². The molecule has 0 saturated carbocycles. The zero-order valence-electron chi connectivity index (χ0n) is 6.39. The molecule has 5 heteroatoms. The summed E-state index contributed by atoms with van der Waals surface area (Å²) in [6.07, 6.45) is 0. The predicted molar refractivity (Wildman–Crippen MR) is 44.1 cm³/mol. The third-order valence-electron chi connectivity index (χ3n) is 0.855. The quantitative estimate of drug-likeness (QED) is 0.462. The van der Waals surface area contributed by atoms with Crippen LogP contribution in [-0.2, 0) is 14.2 Å². The molecule has 0 bridgehead atoms. The smallest absolute Gasteiger partial charge is 0.271 e. The van der Waals surface area contributed by atoms with E-state index in [1.807, 2.05) is 0 Å². The molecule has 0 N–H and O–H groups in total. The second kappa shape index (κ2) is 8.56. The lowest BCUT2D eigenvalue weighted by molar-refractivity contribution is -0.272. The van der Waals surface area contributed by atoms with Gasteiger partial charge < -0.3 is 14.2 Å². The number of methoxy groups -OCH3 is 1. The molecule has 0 radical (unpaired) electrons. The van der Waals surface area contributed by atoms with Crippen molar-refractivity contribution in [1.29, 1.82) is 0 Å². The Morgan fingerprint density at radius 1 is 1.09 bits per heavy atom. The summed E-state index contributed by atoms with van der Waals surface area (Å²) in [5.74, 6) is 0.841. The van der Waals surface area contributed by atoms with Crippen LogP contribution in [0.3, 0.4) is 0 Å². The Balaban J connectivity index is 3.25. The van der Waals surface area contributed by atoms with Crippen LogP contribution >= 0.6 is 23.2 Å². The predicted octanol–water partition coefficient (Wildman–Crippen LogP) is 1.43. The van der Waals surface area contributed by atoms with Crippen molar-refractivity contribution in [3.05, 3.63) is 0 Å². The molecule has 0 aromatic heterocycles. The zero-order chi connectivity index (χ0) is 8.53. The van der Waals surface area contributed by atoms with Gasteiger partial charge >= 0.3 is 0 Å². The third kappa shape index (κ3) is 6.84. The Hall–Kier alpha value is 0.460. The van der Waals surface area contributed by atoms with Crippen LogP contribution in [0.15, 0.2) is 0 Å². The minimum Gasteiger partial charge on any atom is -0.333 e. The molecule has 0 aliphatic carbocycles. The normalized spacial score (nSPS) is 10.9. The summed E-state index contributed by atoms with van der Waals surface area (Å²) in [5.41, 5.74) is 0. The molecule has 0 atom stereocenters. The van der Waals surface area contributed by atoms with Gasteiger partial charge in [-0.2, -0.15) is 0 Å². The average Bonchev–Trinajstić information content (AvgIpc) is 2.05. The summed E-state index contributed by atoms with van der Waals surface area (Å²) in [6.45, 7) is 0.164. The first-order chi connectivity index (χ1) is 5.35. The molecule has 0 fully saturated rings. The number of halogens is 2. The minimum absolute atomic E-state index is 0.405. The Labute approximate surface area is 76.5 Å². The summed E-state index contributed by atoms with van der Waals surface area (Å²) in [5, 5.41) is 0. The Morgan fingerprint density at radius 2 is 1.55 bits per heavy atom. The second-order valence-corrected chi connectivity index (χ2v) is 2.40. The van der Waals surface area contributed by atoms with Crippen LogP contribution in [0.4, 0.5) is 0 Å². The molecule has 0 aliphatic rings. The summed E-state index contributed by atoms with van der Waals surface area (Å²) in [7, 11) is 1.49. The van der Waals surface area contributed by atoms with Crippen molar-refractivity contribution in [3.8, 4) is 0 Å². The standard InChI is InChI=1S/C6H12Cl2O3/c1-9-6(10-4-2-7)11-5-3-8/h6H,2-5H2,1H3. The van der Waals surface area contributed by atoms with Crippen LogP contribution < -0.4 is 0 Å². The van der Waals surface area contributed by atoms with Crippen LogP contribution in [0, 0.1) is 0 Å². The van der Waals surface area contributed by atoms with Gasteiger partial charge in [0.15, 0.2) is 0 Å². The van der Waals surface area contributed by atoms with E-state index < -0.39 is 6.48 Å². The van der Waals surface area contributed by atoms with E-state index in [0.717, 1.165) is 0 Å². The SMILES string of the molecule is COC(OCCCl)OCCCl. The molecule has 0 spiro atoms. The molecular weight excluding hydrogens is 191 g/mol. The fourth-order valence-electron chi connectivity index (χ4n) is 0.466. The minimum atomic E-state index is -0.646. The van der Waals surface area contributed by atoms with E-state index in [1.165, 1.54) is 7.11 Å². The van der Waals surface area contributed by atoms with Crippen molar-refractivity contribution in [3.63, 3.8) is 0 Å². The maximum atomic E-state index is 5.37. The van der Waals surface area contributed by atoms with Gasteiger partial charge in [-0.1, -0.05) is 0 Å². The van der Waals surface area contributed by atoms with Crippen molar-refractivity contribution < 1.29 is 14.2 Å². The first-order valence-electron chi connectivity index (χ1n) is 3.23. The monoisotopic (exact) mass is 202 g/mol. The molecule has 0 heterocycles. The van der Waals surface area contributed by atoms with E-state index in [-0.39, 0.29) is 0 Å². The highest BCUT2D eigenvalue weighted by Crippen LogP contribution is 1.96. The van der Waals surface area contributed by atoms with Crippen molar-refractivity contribution in [2.75, 3.05) is 32.1 Å². The van der Waals surface area contributed by atoms with E-state index in [0.29, 0.717) is 25.0 Å². The Bertz CT molecular complexity index is 74.2. The summed E-state index contributed by atoms with van der Waals surface area (Å²) in [4.78, 5) is 0. The van der Waals surface area contributed by atoms with Crippen LogP contribution in [0.25, 0.3) is 0 Å². The molecule has 0 amide bonds. The molecule has 11 heavy (non-hydrogen) atoms. The van der Waals surface area contributed by atoms with Crippen molar-refractivity contribution in [2.24, 2.45) is 0 Å². The molecule has 68 valence electrons. The molecule has 0 rings (SSSR count). The summed E-state index contributed by atoms with van der Waals surface area (Å²) < 4.78 is 14.8. The first-order valence-corrected chi connectivity index (χ1v) is 4.30. The first kappa shape index (κ1) is 11.5. The summed E-state index contributed by atoms with van der Waals surface area (Å²) >= 11 is 10.7. The van der Waals surface area contributed by atoms with Gasteiger partial charge in [-0.25, -0.2) is 0 Å². The van der Waals surface area contributed by atoms with Crippen LogP contribution in [0.2, 0.25) is 0 Å². The lowest BCUT2D eigenvalue weighted by atomic mass is 10.8. The van der Waals surface area contributed by atoms with Gasteiger partial charge in [0.05, 0.1) is 13.2 Å². The molecule has 0 unspecified atom stereocenters. The van der Waals surface area contributed by atoms with Crippen molar-refractivity contribution in [2.45, 2.75) is 6.48 Å². The molecule has 0 aromatic rings. The number of ether oxygens (including phenoxy) is 3. The van der Waals surface area contributed by atoms with Gasteiger partial charge in [0.2, 0.25) is 0 Å². The van der Waals surface area contributed by atoms with Gasteiger partial charge in [0.25, 0.3) is 6.48 Å². The number of hydrogen-bond acceptors (Lipinski definition) is 3. The van der Waals surface area contributed by atoms with Gasteiger partial charge in [-0.3, -0.25) is 0 Å². The van der Waals surface area contributed by atoms with Gasteiger partial charge in [0, 0.05) is 18.9 Å². The van der Waals surface area contributed by atoms with E-state index >= 15 is 0 Å². The fourth-order valence-corrected chi connectivity index (χ4v) is 0.644. The third-order valence-corrected chi connectivity index (χ3v) is 1.16. The summed E-state index contributed by atoms with van der Waals surface area (Å²) in [6, 6.07) is 0. The molecule has 0 aliphatic heterocycles. The van der Waals surface area contributed by atoms with Gasteiger partial charge in [-0.05, 0) is 0 Å². The molecule has 0 aromatic carbocycles. The maximum Gasteiger partial charge on any atom is 0.271 e. The second-order valence-electron chi connectivity index (χ2n) is 1.64. The van der Waals surface area contributed by atoms with Crippen molar-refractivity contribution in [1.82, 2.24) is 0 Å². The van der Waals surface area contributed by atoms with Crippen LogP contribution in [0.5, 0.6) is 0 Å². The van der Waals surface area contributed by atoms with E-state index in [9.17, 15) is 0 Å². The van der Waals surface area contributed by atoms with E-state index in [4.69, 9.17) is 37.4 Å². The Kier molecular flexibility index (Phi) is 8.91. The molecular formula is C6H12Cl2O3. The highest BCUT2D eigenvalue weighted by atomic mass is 35.5. The number of hydrogen-bond donors (Lipinski definition) is 0. The highest BCUT2D eigenvalue weighted by Gasteiger charge is 2.05. The number of alkyl halides is 2. The lowest BCUT2D eigenvalue weighted by Crippen LogP contribution is -2.21. The van der Waals surface area contributed by atoms with Gasteiger partial charge in [0.1, 0.15) is 0 Å². The fraction of sp³-hybridized carbons (Fsp3) is 1.00. The van der Waals surface area contributed by atoms with Gasteiger partial charge in [-0.15, -0.1) is 23.2 Å². The molecule has 3 nitrogen and oxygen atoms in total. The zero-order valence-corrected chi connectivity index (χ0v) is 7.90. The maximum absolute atomic E-state index is 5.37. The molecule has 0 saturated heterocycles. The number of rotatable bonds is 7. The largest absolute Gasteiger partial charge is 0.333 e. The van der Waals surface area contributed by atoms with E-state index in [1.54, 1.807) is 0 Å². The van der Waals surface area contributed by atoms with Crippen LogP contribution in [-0.4, -0.2) is 38.6 Å². The Morgan fingerprint density at radius 3 is 1.82 bits per heavy atom. The van der Waals surface area contributed by atoms with Crippen LogP contribution in [0.1, 0.15) is 0 Å². The average molecular weight is 203 g/mol. The highest BCUT2D eigenvalue weighted by molar-refractivity contribution is 6.18. The lowest BCUT2D eigenvalue weighted by Gasteiger charge is -2.14. The topological polar surface area (TPSA) is 27.7 Å².